The predicted octanol–water partition coefficient (Wildman–Crippen LogP) is 3.92. The highest BCUT2D eigenvalue weighted by Gasteiger charge is 2.19. The van der Waals surface area contributed by atoms with Crippen LogP contribution in [-0.4, -0.2) is 51.1 Å². The summed E-state index contributed by atoms with van der Waals surface area (Å²) in [6.45, 7) is 4.05. The van der Waals surface area contributed by atoms with E-state index in [1.54, 1.807) is 24.5 Å². The van der Waals surface area contributed by atoms with Gasteiger partial charge in [0.15, 0.2) is 5.82 Å². The van der Waals surface area contributed by atoms with E-state index in [-0.39, 0.29) is 0 Å². The van der Waals surface area contributed by atoms with Crippen molar-refractivity contribution < 1.29 is 0 Å². The first-order chi connectivity index (χ1) is 16.6. The summed E-state index contributed by atoms with van der Waals surface area (Å²) in [7, 11) is 2.14. The molecule has 1 aliphatic rings. The fraction of sp³-hybridized carbons (Fsp3) is 0.240. The van der Waals surface area contributed by atoms with Crippen molar-refractivity contribution in [1.29, 1.82) is 0 Å². The van der Waals surface area contributed by atoms with Crippen LogP contribution in [0.3, 0.4) is 0 Å². The Balaban J connectivity index is 1.26. The molecule has 9 heteroatoms. The van der Waals surface area contributed by atoms with Gasteiger partial charge in [0, 0.05) is 49.1 Å². The molecule has 0 amide bonds. The van der Waals surface area contributed by atoms with Gasteiger partial charge in [-0.3, -0.25) is 0 Å². The predicted molar refractivity (Wildman–Crippen MR) is 135 cm³/mol. The smallest absolute Gasteiger partial charge is 0.229 e. The third kappa shape index (κ3) is 5.10. The zero-order valence-corrected chi connectivity index (χ0v) is 19.2. The van der Waals surface area contributed by atoms with Gasteiger partial charge in [0.2, 0.25) is 5.95 Å². The number of hydrogen-bond acceptors (Lipinski definition) is 9. The molecule has 5 rings (SSSR count). The maximum atomic E-state index is 4.58. The third-order valence-electron chi connectivity index (χ3n) is 5.80. The molecule has 0 aliphatic carbocycles. The maximum Gasteiger partial charge on any atom is 0.229 e. The van der Waals surface area contributed by atoms with Crippen LogP contribution in [0.2, 0.25) is 0 Å². The lowest BCUT2D eigenvalue weighted by atomic mass is 10.2. The standard InChI is InChI=1S/C25H27N9/c1-17-4-3-5-21(29-17)24-27-14-11-22(32-24)31-23-12-15-28-25(33-23)30-18-6-8-19(9-7-18)34(2)20-10-13-26-16-20/h3-9,11-12,14-15,20,26H,10,13,16H2,1-2H3,(H2,27,28,30,31,32,33). The highest BCUT2D eigenvalue weighted by molar-refractivity contribution is 5.61. The van der Waals surface area contributed by atoms with E-state index in [1.165, 1.54) is 12.1 Å². The maximum absolute atomic E-state index is 4.58. The first-order valence-corrected chi connectivity index (χ1v) is 11.3. The van der Waals surface area contributed by atoms with Gasteiger partial charge >= 0.3 is 0 Å². The molecule has 3 N–H and O–H groups in total. The molecule has 0 radical (unpaired) electrons. The van der Waals surface area contributed by atoms with Crippen LogP contribution in [0.25, 0.3) is 11.5 Å². The topological polar surface area (TPSA) is 104 Å². The van der Waals surface area contributed by atoms with Gasteiger partial charge in [-0.05, 0) is 68.4 Å². The Bertz CT molecular complexity index is 1250. The van der Waals surface area contributed by atoms with Gasteiger partial charge < -0.3 is 20.9 Å². The van der Waals surface area contributed by atoms with Crippen molar-refractivity contribution >= 4 is 29.0 Å². The van der Waals surface area contributed by atoms with Crippen molar-refractivity contribution in [3.63, 3.8) is 0 Å². The lowest BCUT2D eigenvalue weighted by molar-refractivity contribution is 0.686. The molecule has 4 heterocycles. The molecule has 1 aliphatic heterocycles. The molecule has 0 saturated carbocycles. The van der Waals surface area contributed by atoms with Crippen LogP contribution >= 0.6 is 0 Å². The minimum atomic E-state index is 0.501. The number of rotatable bonds is 7. The van der Waals surface area contributed by atoms with Crippen molar-refractivity contribution in [1.82, 2.24) is 30.2 Å². The van der Waals surface area contributed by atoms with Gasteiger partial charge in [-0.15, -0.1) is 0 Å². The van der Waals surface area contributed by atoms with E-state index in [9.17, 15) is 0 Å². The van der Waals surface area contributed by atoms with Crippen molar-refractivity contribution in [2.24, 2.45) is 0 Å². The van der Waals surface area contributed by atoms with Gasteiger partial charge in [-0.25, -0.2) is 19.9 Å². The molecular formula is C25H27N9. The fourth-order valence-electron chi connectivity index (χ4n) is 3.93. The van der Waals surface area contributed by atoms with Gasteiger partial charge in [-0.2, -0.15) is 4.98 Å². The zero-order chi connectivity index (χ0) is 23.3. The molecule has 1 saturated heterocycles. The summed E-state index contributed by atoms with van der Waals surface area (Å²) in [5.41, 5.74) is 3.76. The molecule has 0 bridgehead atoms. The lowest BCUT2D eigenvalue weighted by Crippen LogP contribution is -2.33. The monoisotopic (exact) mass is 453 g/mol. The molecule has 1 unspecified atom stereocenters. The van der Waals surface area contributed by atoms with E-state index >= 15 is 0 Å². The number of aryl methyl sites for hydroxylation is 1. The zero-order valence-electron chi connectivity index (χ0n) is 19.2. The number of nitrogens with one attached hydrogen (secondary N) is 3. The molecule has 172 valence electrons. The summed E-state index contributed by atoms with van der Waals surface area (Å²) < 4.78 is 0. The van der Waals surface area contributed by atoms with Crippen molar-refractivity contribution in [3.05, 3.63) is 72.7 Å². The summed E-state index contributed by atoms with van der Waals surface area (Å²) in [5.74, 6) is 2.32. The third-order valence-corrected chi connectivity index (χ3v) is 5.80. The average Bonchev–Trinajstić information content (AvgIpc) is 3.40. The number of pyridine rings is 1. The second kappa shape index (κ2) is 9.80. The quantitative estimate of drug-likeness (QED) is 0.384. The number of likely N-dealkylation sites (N-methyl/N-ethyl adjacent to an activating group) is 1. The Kier molecular flexibility index (Phi) is 6.26. The Morgan fingerprint density at radius 2 is 1.68 bits per heavy atom. The summed E-state index contributed by atoms with van der Waals surface area (Å²) in [5, 5.41) is 9.92. The Hall–Kier alpha value is -4.11. The lowest BCUT2D eigenvalue weighted by Gasteiger charge is -2.26. The minimum Gasteiger partial charge on any atom is -0.370 e. The van der Waals surface area contributed by atoms with Crippen molar-refractivity contribution in [3.8, 4) is 11.5 Å². The molecule has 34 heavy (non-hydrogen) atoms. The number of aromatic nitrogens is 5. The molecule has 0 spiro atoms. The SMILES string of the molecule is Cc1cccc(-c2nccc(Nc3ccnc(Nc4ccc(N(C)C5CCNC5)cc4)n3)n2)n1. The largest absolute Gasteiger partial charge is 0.370 e. The van der Waals surface area contributed by atoms with Crippen LogP contribution < -0.4 is 20.9 Å². The Labute approximate surface area is 198 Å². The fourth-order valence-corrected chi connectivity index (χ4v) is 3.93. The highest BCUT2D eigenvalue weighted by Crippen LogP contribution is 2.23. The van der Waals surface area contributed by atoms with Gasteiger partial charge in [-0.1, -0.05) is 6.07 Å². The number of benzene rings is 1. The number of hydrogen-bond donors (Lipinski definition) is 3. The van der Waals surface area contributed by atoms with E-state index in [0.717, 1.165) is 30.2 Å². The normalized spacial score (nSPS) is 15.2. The second-order valence-electron chi connectivity index (χ2n) is 8.25. The van der Waals surface area contributed by atoms with Gasteiger partial charge in [0.25, 0.3) is 0 Å². The number of anilines is 5. The van der Waals surface area contributed by atoms with Crippen LogP contribution in [0.15, 0.2) is 67.0 Å². The van der Waals surface area contributed by atoms with Gasteiger partial charge in [0.1, 0.15) is 17.3 Å². The van der Waals surface area contributed by atoms with E-state index in [0.29, 0.717) is 29.5 Å². The molecule has 3 aromatic heterocycles. The summed E-state index contributed by atoms with van der Waals surface area (Å²) in [6.07, 6.45) is 4.58. The second-order valence-corrected chi connectivity index (χ2v) is 8.25. The summed E-state index contributed by atoms with van der Waals surface area (Å²) >= 11 is 0. The average molecular weight is 454 g/mol. The van der Waals surface area contributed by atoms with E-state index in [4.69, 9.17) is 0 Å². The van der Waals surface area contributed by atoms with Crippen molar-refractivity contribution in [2.45, 2.75) is 19.4 Å². The highest BCUT2D eigenvalue weighted by atomic mass is 15.2. The van der Waals surface area contributed by atoms with Gasteiger partial charge in [0.05, 0.1) is 0 Å². The summed E-state index contributed by atoms with van der Waals surface area (Å²) in [6, 6.07) is 18.2. The molecular weight excluding hydrogens is 426 g/mol. The van der Waals surface area contributed by atoms with Crippen LogP contribution in [0.1, 0.15) is 12.1 Å². The first kappa shape index (κ1) is 21.7. The van der Waals surface area contributed by atoms with E-state index in [2.05, 4.69) is 65.0 Å². The molecule has 9 nitrogen and oxygen atoms in total. The molecule has 4 aromatic rings. The van der Waals surface area contributed by atoms with E-state index in [1.807, 2.05) is 37.3 Å². The minimum absolute atomic E-state index is 0.501. The van der Waals surface area contributed by atoms with Crippen LogP contribution in [-0.2, 0) is 0 Å². The molecule has 1 aromatic carbocycles. The summed E-state index contributed by atoms with van der Waals surface area (Å²) in [4.78, 5) is 24.7. The first-order valence-electron chi connectivity index (χ1n) is 11.3. The molecule has 1 atom stereocenters. The van der Waals surface area contributed by atoms with Crippen LogP contribution in [0, 0.1) is 6.92 Å². The van der Waals surface area contributed by atoms with Crippen LogP contribution in [0.4, 0.5) is 29.0 Å². The van der Waals surface area contributed by atoms with Crippen LogP contribution in [0.5, 0.6) is 0 Å². The van der Waals surface area contributed by atoms with Crippen molar-refractivity contribution in [2.75, 3.05) is 35.7 Å². The molecule has 1 fully saturated rings. The van der Waals surface area contributed by atoms with E-state index < -0.39 is 0 Å². The number of nitrogens with zero attached hydrogens (tertiary/aromatic N) is 6. The Morgan fingerprint density at radius 1 is 0.882 bits per heavy atom. The Morgan fingerprint density at radius 3 is 2.44 bits per heavy atom.